The van der Waals surface area contributed by atoms with Gasteiger partial charge >= 0.3 is 0 Å². The molecule has 0 heterocycles. The lowest BCUT2D eigenvalue weighted by molar-refractivity contribution is 0.0234. The number of nitrogens with one attached hydrogen (secondary N) is 1. The summed E-state index contributed by atoms with van der Waals surface area (Å²) in [7, 11) is 3.62. The maximum atomic E-state index is 5.98. The Morgan fingerprint density at radius 3 is 2.60 bits per heavy atom. The van der Waals surface area contributed by atoms with Gasteiger partial charge in [-0.25, -0.2) is 0 Å². The average molecular weight is 281 g/mol. The number of hydrogen-bond acceptors (Lipinski definition) is 4. The number of hydrogen-bond donors (Lipinski definition) is 1. The predicted molar refractivity (Wildman–Crippen MR) is 81.1 cm³/mol. The van der Waals surface area contributed by atoms with Crippen molar-refractivity contribution in [3.05, 3.63) is 35.4 Å². The fourth-order valence-corrected chi connectivity index (χ4v) is 2.02. The molecular weight excluding hydrogens is 254 g/mol. The Bertz CT molecular complexity index is 357. The van der Waals surface area contributed by atoms with E-state index in [1.54, 1.807) is 7.11 Å². The van der Waals surface area contributed by atoms with Gasteiger partial charge in [0.2, 0.25) is 0 Å². The maximum Gasteiger partial charge on any atom is 0.0951 e. The van der Waals surface area contributed by atoms with Gasteiger partial charge in [-0.05, 0) is 31.5 Å². The minimum Gasteiger partial charge on any atom is -0.382 e. The van der Waals surface area contributed by atoms with Gasteiger partial charge < -0.3 is 19.5 Å². The third-order valence-corrected chi connectivity index (χ3v) is 3.11. The van der Waals surface area contributed by atoms with Gasteiger partial charge in [0.1, 0.15) is 0 Å². The van der Waals surface area contributed by atoms with E-state index in [4.69, 9.17) is 14.2 Å². The molecule has 0 aliphatic rings. The Hall–Kier alpha value is -0.940. The summed E-state index contributed by atoms with van der Waals surface area (Å²) in [6.07, 6.45) is 0.996. The highest BCUT2D eigenvalue weighted by Gasteiger charge is 2.12. The third kappa shape index (κ3) is 6.48. The zero-order chi connectivity index (χ0) is 14.6. The fraction of sp³-hybridized carbons (Fsp3) is 0.625. The molecule has 1 unspecified atom stereocenters. The van der Waals surface area contributed by atoms with Gasteiger partial charge in [-0.2, -0.15) is 0 Å². The van der Waals surface area contributed by atoms with Crippen molar-refractivity contribution in [2.24, 2.45) is 0 Å². The molecule has 0 radical (unpaired) electrons. The van der Waals surface area contributed by atoms with Crippen molar-refractivity contribution >= 4 is 0 Å². The second-order valence-electron chi connectivity index (χ2n) is 4.73. The second-order valence-corrected chi connectivity index (χ2v) is 4.73. The maximum absolute atomic E-state index is 5.98. The van der Waals surface area contributed by atoms with Crippen LogP contribution in [0.3, 0.4) is 0 Å². The summed E-state index contributed by atoms with van der Waals surface area (Å²) < 4.78 is 16.3. The highest BCUT2D eigenvalue weighted by molar-refractivity contribution is 5.28. The topological polar surface area (TPSA) is 39.7 Å². The van der Waals surface area contributed by atoms with Crippen LogP contribution in [0.5, 0.6) is 0 Å². The molecule has 0 aliphatic heterocycles. The van der Waals surface area contributed by atoms with Crippen molar-refractivity contribution < 1.29 is 14.2 Å². The lowest BCUT2D eigenvalue weighted by Gasteiger charge is -2.20. The molecule has 0 fully saturated rings. The first-order valence-corrected chi connectivity index (χ1v) is 7.18. The summed E-state index contributed by atoms with van der Waals surface area (Å²) in [6.45, 7) is 5.64. The Kier molecular flexibility index (Phi) is 9.24. The van der Waals surface area contributed by atoms with Crippen LogP contribution in [-0.2, 0) is 14.2 Å². The molecule has 0 spiro atoms. The molecule has 1 rings (SSSR count). The van der Waals surface area contributed by atoms with E-state index in [-0.39, 0.29) is 6.10 Å². The molecule has 0 aromatic heterocycles. The average Bonchev–Trinajstić information content (AvgIpc) is 2.46. The molecule has 114 valence electrons. The Morgan fingerprint density at radius 1 is 1.10 bits per heavy atom. The van der Waals surface area contributed by atoms with Gasteiger partial charge in [-0.15, -0.1) is 0 Å². The molecule has 1 atom stereocenters. The predicted octanol–water partition coefficient (Wildman–Crippen LogP) is 2.33. The summed E-state index contributed by atoms with van der Waals surface area (Å²) in [4.78, 5) is 0. The number of methoxy groups -OCH3 is 1. The SMILES string of the molecule is CNCC(OCCCOCCOC)c1ccccc1C. The fourth-order valence-electron chi connectivity index (χ4n) is 2.02. The van der Waals surface area contributed by atoms with E-state index >= 15 is 0 Å². The van der Waals surface area contributed by atoms with Crippen molar-refractivity contribution in [2.45, 2.75) is 19.4 Å². The van der Waals surface area contributed by atoms with Crippen LogP contribution in [0.2, 0.25) is 0 Å². The van der Waals surface area contributed by atoms with Crippen LogP contribution in [0.4, 0.5) is 0 Å². The zero-order valence-electron chi connectivity index (χ0n) is 12.9. The molecule has 0 amide bonds. The van der Waals surface area contributed by atoms with E-state index in [2.05, 4.69) is 36.5 Å². The van der Waals surface area contributed by atoms with Crippen LogP contribution >= 0.6 is 0 Å². The van der Waals surface area contributed by atoms with Crippen LogP contribution in [0.25, 0.3) is 0 Å². The summed E-state index contributed by atoms with van der Waals surface area (Å²) in [5, 5.41) is 3.19. The van der Waals surface area contributed by atoms with Crippen molar-refractivity contribution in [3.63, 3.8) is 0 Å². The van der Waals surface area contributed by atoms with E-state index in [0.717, 1.165) is 13.0 Å². The van der Waals surface area contributed by atoms with E-state index < -0.39 is 0 Å². The zero-order valence-corrected chi connectivity index (χ0v) is 12.9. The third-order valence-electron chi connectivity index (χ3n) is 3.11. The first-order chi connectivity index (χ1) is 9.79. The van der Waals surface area contributed by atoms with Crippen molar-refractivity contribution in [1.29, 1.82) is 0 Å². The molecule has 0 bridgehead atoms. The van der Waals surface area contributed by atoms with Crippen LogP contribution in [0.15, 0.2) is 24.3 Å². The minimum atomic E-state index is 0.0974. The Balaban J connectivity index is 2.31. The van der Waals surface area contributed by atoms with Gasteiger partial charge in [0.25, 0.3) is 0 Å². The lowest BCUT2D eigenvalue weighted by atomic mass is 10.0. The Labute approximate surface area is 122 Å². The van der Waals surface area contributed by atoms with Crippen LogP contribution < -0.4 is 5.32 Å². The van der Waals surface area contributed by atoms with Crippen LogP contribution in [0, 0.1) is 6.92 Å². The van der Waals surface area contributed by atoms with Crippen molar-refractivity contribution in [3.8, 4) is 0 Å². The molecule has 1 aromatic rings. The highest BCUT2D eigenvalue weighted by Crippen LogP contribution is 2.20. The number of aryl methyl sites for hydroxylation is 1. The second kappa shape index (κ2) is 10.8. The van der Waals surface area contributed by atoms with Gasteiger partial charge in [-0.1, -0.05) is 24.3 Å². The minimum absolute atomic E-state index is 0.0974. The van der Waals surface area contributed by atoms with E-state index in [1.807, 2.05) is 7.05 Å². The van der Waals surface area contributed by atoms with E-state index in [0.29, 0.717) is 26.4 Å². The highest BCUT2D eigenvalue weighted by atomic mass is 16.5. The summed E-state index contributed by atoms with van der Waals surface area (Å²) in [6, 6.07) is 8.36. The van der Waals surface area contributed by atoms with Gasteiger partial charge in [0.05, 0.1) is 19.3 Å². The quantitative estimate of drug-likeness (QED) is 0.632. The largest absolute Gasteiger partial charge is 0.382 e. The number of ether oxygens (including phenoxy) is 3. The van der Waals surface area contributed by atoms with Crippen LogP contribution in [0.1, 0.15) is 23.7 Å². The first kappa shape index (κ1) is 17.1. The van der Waals surface area contributed by atoms with E-state index in [1.165, 1.54) is 11.1 Å². The van der Waals surface area contributed by atoms with Crippen molar-refractivity contribution in [1.82, 2.24) is 5.32 Å². The smallest absolute Gasteiger partial charge is 0.0951 e. The van der Waals surface area contributed by atoms with Crippen molar-refractivity contribution in [2.75, 3.05) is 47.1 Å². The molecule has 1 aromatic carbocycles. The molecule has 1 N–H and O–H groups in total. The molecule has 0 saturated heterocycles. The molecule has 4 heteroatoms. The summed E-state index contributed by atoms with van der Waals surface area (Å²) >= 11 is 0. The van der Waals surface area contributed by atoms with Gasteiger partial charge in [0.15, 0.2) is 0 Å². The monoisotopic (exact) mass is 281 g/mol. The number of rotatable bonds is 11. The van der Waals surface area contributed by atoms with Gasteiger partial charge in [0, 0.05) is 26.9 Å². The summed E-state index contributed by atoms with van der Waals surface area (Å²) in [5.74, 6) is 0. The molecule has 0 aliphatic carbocycles. The molecular formula is C16H27NO3. The number of likely N-dealkylation sites (N-methyl/N-ethyl adjacent to an activating group) is 1. The van der Waals surface area contributed by atoms with E-state index in [9.17, 15) is 0 Å². The summed E-state index contributed by atoms with van der Waals surface area (Å²) in [5.41, 5.74) is 2.52. The first-order valence-electron chi connectivity index (χ1n) is 7.18. The van der Waals surface area contributed by atoms with Gasteiger partial charge in [-0.3, -0.25) is 0 Å². The molecule has 4 nitrogen and oxygen atoms in total. The molecule has 0 saturated carbocycles. The van der Waals surface area contributed by atoms with Crippen LogP contribution in [-0.4, -0.2) is 47.1 Å². The number of benzene rings is 1. The standard InChI is InChI=1S/C16H27NO3/c1-14-7-4-5-8-15(14)16(13-17-2)20-10-6-9-19-12-11-18-3/h4-5,7-8,16-17H,6,9-13H2,1-3H3. The normalized spacial score (nSPS) is 12.6. The Morgan fingerprint density at radius 2 is 1.90 bits per heavy atom. The molecule has 20 heavy (non-hydrogen) atoms. The lowest BCUT2D eigenvalue weighted by Crippen LogP contribution is -2.21.